The van der Waals surface area contributed by atoms with Gasteiger partial charge in [-0.05, 0) is 49.3 Å². The molecule has 2 rings (SSSR count). The molecule has 8 nitrogen and oxygen atoms in total. The van der Waals surface area contributed by atoms with Gasteiger partial charge in [0.1, 0.15) is 29.2 Å². The first-order chi connectivity index (χ1) is 17.2. The lowest BCUT2D eigenvalue weighted by atomic mass is 10.1. The van der Waals surface area contributed by atoms with Crippen LogP contribution in [-0.4, -0.2) is 43.0 Å². The van der Waals surface area contributed by atoms with Crippen molar-refractivity contribution in [3.63, 3.8) is 0 Å². The second kappa shape index (κ2) is 15.0. The number of rotatable bonds is 13. The molecule has 0 bridgehead atoms. The number of methoxy groups -OCH3 is 1. The fourth-order valence-corrected chi connectivity index (χ4v) is 3.30. The molecule has 2 N–H and O–H groups in total. The summed E-state index contributed by atoms with van der Waals surface area (Å²) in [5.41, 5.74) is 2.41. The molecule has 0 aliphatic heterocycles. The number of carboxylic acids is 1. The molecule has 2 aromatic rings. The smallest absolute Gasteiger partial charge is 0.328 e. The minimum Gasteiger partial charge on any atom is -0.494 e. The minimum absolute atomic E-state index is 0.0953. The Bertz CT molecular complexity index is 1140. The normalized spacial score (nSPS) is 11.2. The molecule has 0 saturated carbocycles. The Labute approximate surface area is 224 Å². The van der Waals surface area contributed by atoms with Gasteiger partial charge in [0.15, 0.2) is 0 Å². The molecule has 0 fully saturated rings. The molecule has 1 amide bonds. The lowest BCUT2D eigenvalue weighted by Gasteiger charge is -2.13. The molecular formula is C25H25Cl3N2O6. The third kappa shape index (κ3) is 10.2. The van der Waals surface area contributed by atoms with Crippen LogP contribution < -0.4 is 14.8 Å². The highest BCUT2D eigenvalue weighted by molar-refractivity contribution is 6.55. The summed E-state index contributed by atoms with van der Waals surface area (Å²) in [5, 5.41) is 15.9. The van der Waals surface area contributed by atoms with Gasteiger partial charge in [-0.1, -0.05) is 52.1 Å². The molecule has 0 unspecified atom stereocenters. The number of halogens is 3. The van der Waals surface area contributed by atoms with Gasteiger partial charge in [-0.2, -0.15) is 0 Å². The molecule has 11 heteroatoms. The summed E-state index contributed by atoms with van der Waals surface area (Å²) in [6.07, 6.45) is 4.68. The maximum atomic E-state index is 12.2. The number of ether oxygens (including phenoxy) is 2. The summed E-state index contributed by atoms with van der Waals surface area (Å²) >= 11 is 17.5. The van der Waals surface area contributed by atoms with Gasteiger partial charge in [-0.25, -0.2) is 4.79 Å². The standard InChI is InChI=1S/C25H25Cl3N2O6/c1-16(20-14-19(35-13-11-22(27)28)15-21(26)25(20)34-2)30-36-12-3-4-23(31)29-18-8-5-17(6-9-18)7-10-24(32)33/h5-11,14-15H,3-4,12-13H2,1-2H3,(H,29,31)(H,32,33). The lowest BCUT2D eigenvalue weighted by molar-refractivity contribution is -0.131. The van der Waals surface area contributed by atoms with Crippen molar-refractivity contribution < 1.29 is 29.0 Å². The lowest BCUT2D eigenvalue weighted by Crippen LogP contribution is -2.12. The Morgan fingerprint density at radius 3 is 2.53 bits per heavy atom. The van der Waals surface area contributed by atoms with E-state index in [1.165, 1.54) is 19.3 Å². The summed E-state index contributed by atoms with van der Waals surface area (Å²) in [6.45, 7) is 2.11. The van der Waals surface area contributed by atoms with Crippen molar-refractivity contribution in [2.24, 2.45) is 5.16 Å². The van der Waals surface area contributed by atoms with Crippen molar-refractivity contribution in [3.05, 3.63) is 69.2 Å². The van der Waals surface area contributed by atoms with Crippen molar-refractivity contribution in [1.82, 2.24) is 0 Å². The number of carbonyl (C=O) groups is 2. The number of oxime groups is 1. The quantitative estimate of drug-likeness (QED) is 0.130. The SMILES string of the molecule is COc1c(Cl)cc(OCC=C(Cl)Cl)cc1C(C)=NOCCCC(=O)Nc1ccc(C=CC(=O)O)cc1. The molecule has 2 aromatic carbocycles. The fraction of sp³-hybridized carbons (Fsp3) is 0.240. The van der Waals surface area contributed by atoms with Crippen molar-refractivity contribution in [2.75, 3.05) is 25.6 Å². The van der Waals surface area contributed by atoms with E-state index in [0.717, 1.165) is 6.08 Å². The van der Waals surface area contributed by atoms with Crippen LogP contribution in [0.1, 0.15) is 30.9 Å². The number of hydrogen-bond donors (Lipinski definition) is 2. The van der Waals surface area contributed by atoms with E-state index in [0.29, 0.717) is 45.5 Å². The van der Waals surface area contributed by atoms with Crippen LogP contribution in [0.3, 0.4) is 0 Å². The average molecular weight is 556 g/mol. The number of carboxylic acid groups (broad SMARTS) is 1. The minimum atomic E-state index is -1.03. The topological polar surface area (TPSA) is 106 Å². The number of carbonyl (C=O) groups excluding carboxylic acids is 1. The van der Waals surface area contributed by atoms with E-state index in [4.69, 9.17) is 54.2 Å². The second-order valence-corrected chi connectivity index (χ2v) is 8.66. The van der Waals surface area contributed by atoms with Gasteiger partial charge < -0.3 is 24.7 Å². The zero-order valence-corrected chi connectivity index (χ0v) is 21.9. The first kappa shape index (κ1) is 29.0. The monoisotopic (exact) mass is 554 g/mol. The molecule has 0 aliphatic carbocycles. The van der Waals surface area contributed by atoms with Crippen molar-refractivity contribution in [3.8, 4) is 11.5 Å². The molecular weight excluding hydrogens is 531 g/mol. The third-order valence-electron chi connectivity index (χ3n) is 4.55. The van der Waals surface area contributed by atoms with Crippen LogP contribution in [-0.2, 0) is 14.4 Å². The van der Waals surface area contributed by atoms with Gasteiger partial charge in [0.2, 0.25) is 5.91 Å². The van der Waals surface area contributed by atoms with Crippen molar-refractivity contribution in [1.29, 1.82) is 0 Å². The zero-order chi connectivity index (χ0) is 26.5. The number of benzene rings is 2. The van der Waals surface area contributed by atoms with Crippen LogP contribution in [0, 0.1) is 0 Å². The summed E-state index contributed by atoms with van der Waals surface area (Å²) < 4.78 is 11.1. The van der Waals surface area contributed by atoms with E-state index in [-0.39, 0.29) is 30.0 Å². The third-order valence-corrected chi connectivity index (χ3v) is 5.14. The molecule has 0 aliphatic rings. The predicted molar refractivity (Wildman–Crippen MR) is 142 cm³/mol. The van der Waals surface area contributed by atoms with Gasteiger partial charge >= 0.3 is 5.97 Å². The summed E-state index contributed by atoms with van der Waals surface area (Å²) in [5.74, 6) is -0.318. The number of aliphatic carboxylic acids is 1. The number of anilines is 1. The Morgan fingerprint density at radius 2 is 1.89 bits per heavy atom. The largest absolute Gasteiger partial charge is 0.494 e. The van der Waals surface area contributed by atoms with E-state index < -0.39 is 5.97 Å². The molecule has 0 aromatic heterocycles. The van der Waals surface area contributed by atoms with Crippen LogP contribution >= 0.6 is 34.8 Å². The maximum Gasteiger partial charge on any atom is 0.328 e. The predicted octanol–water partition coefficient (Wildman–Crippen LogP) is 6.30. The van der Waals surface area contributed by atoms with Gasteiger partial charge in [0.25, 0.3) is 0 Å². The number of amides is 1. The van der Waals surface area contributed by atoms with Gasteiger partial charge in [0, 0.05) is 29.8 Å². The van der Waals surface area contributed by atoms with Crippen molar-refractivity contribution in [2.45, 2.75) is 19.8 Å². The molecule has 36 heavy (non-hydrogen) atoms. The first-order valence-electron chi connectivity index (χ1n) is 10.7. The van der Waals surface area contributed by atoms with E-state index in [1.807, 2.05) is 0 Å². The van der Waals surface area contributed by atoms with E-state index in [1.54, 1.807) is 43.3 Å². The first-order valence-corrected chi connectivity index (χ1v) is 11.8. The van der Waals surface area contributed by atoms with E-state index >= 15 is 0 Å². The average Bonchev–Trinajstić information content (AvgIpc) is 2.82. The van der Waals surface area contributed by atoms with Gasteiger partial charge in [-0.3, -0.25) is 4.79 Å². The summed E-state index contributed by atoms with van der Waals surface area (Å²) in [7, 11) is 1.49. The number of hydrogen-bond acceptors (Lipinski definition) is 6. The molecule has 0 saturated heterocycles. The molecule has 0 radical (unpaired) electrons. The van der Waals surface area contributed by atoms with Crippen LogP contribution in [0.25, 0.3) is 6.08 Å². The number of nitrogens with zero attached hydrogens (tertiary/aromatic N) is 1. The Morgan fingerprint density at radius 1 is 1.17 bits per heavy atom. The summed E-state index contributed by atoms with van der Waals surface area (Å²) in [6, 6.07) is 10.1. The molecule has 192 valence electrons. The summed E-state index contributed by atoms with van der Waals surface area (Å²) in [4.78, 5) is 28.1. The Hall–Kier alpha value is -3.20. The molecule has 0 heterocycles. The fourth-order valence-electron chi connectivity index (χ4n) is 2.89. The Balaban J connectivity index is 1.87. The zero-order valence-electron chi connectivity index (χ0n) is 19.6. The molecule has 0 atom stereocenters. The van der Waals surface area contributed by atoms with E-state index in [2.05, 4.69) is 10.5 Å². The van der Waals surface area contributed by atoms with Crippen LogP contribution in [0.2, 0.25) is 5.02 Å². The highest BCUT2D eigenvalue weighted by atomic mass is 35.5. The van der Waals surface area contributed by atoms with Gasteiger partial charge in [0.05, 0.1) is 17.8 Å². The van der Waals surface area contributed by atoms with E-state index in [9.17, 15) is 9.59 Å². The maximum absolute atomic E-state index is 12.2. The highest BCUT2D eigenvalue weighted by Crippen LogP contribution is 2.34. The second-order valence-electron chi connectivity index (χ2n) is 7.25. The Kier molecular flexibility index (Phi) is 12.1. The van der Waals surface area contributed by atoms with Crippen LogP contribution in [0.15, 0.2) is 58.2 Å². The number of nitrogens with one attached hydrogen (secondary N) is 1. The molecule has 0 spiro atoms. The highest BCUT2D eigenvalue weighted by Gasteiger charge is 2.14. The van der Waals surface area contributed by atoms with Crippen LogP contribution in [0.4, 0.5) is 5.69 Å². The van der Waals surface area contributed by atoms with Crippen LogP contribution in [0.5, 0.6) is 11.5 Å². The van der Waals surface area contributed by atoms with Crippen molar-refractivity contribution >= 4 is 64.2 Å². The van der Waals surface area contributed by atoms with Gasteiger partial charge in [-0.15, -0.1) is 0 Å².